The Hall–Kier alpha value is 0.800. The maximum atomic E-state index is 13.4. The van der Waals surface area contributed by atoms with Gasteiger partial charge in [0.1, 0.15) is 0 Å². The Kier molecular flexibility index (Phi) is 18.6. The van der Waals surface area contributed by atoms with Crippen LogP contribution in [0.2, 0.25) is 0 Å². The summed E-state index contributed by atoms with van der Waals surface area (Å²) in [6, 6.07) is 0. The van der Waals surface area contributed by atoms with Gasteiger partial charge in [0.25, 0.3) is 11.8 Å². The number of ketones is 1. The molecule has 0 fully saturated rings. The van der Waals surface area contributed by atoms with E-state index in [2.05, 4.69) is 16.0 Å². The first-order valence-corrected chi connectivity index (χ1v) is 18.4. The number of hydrogen-bond acceptors (Lipinski definition) is 8. The van der Waals surface area contributed by atoms with E-state index >= 15 is 0 Å². The largest absolute Gasteiger partial charge is 1.00 e. The Morgan fingerprint density at radius 3 is 1.75 bits per heavy atom. The Labute approximate surface area is 356 Å². The van der Waals surface area contributed by atoms with Gasteiger partial charge in [-0.05, 0) is 136 Å². The van der Waals surface area contributed by atoms with E-state index in [1.807, 2.05) is 90.4 Å². The van der Waals surface area contributed by atoms with Crippen LogP contribution in [-0.2, 0) is 9.59 Å². The van der Waals surface area contributed by atoms with Crippen LogP contribution < -0.4 is 55.5 Å². The molecule has 0 heterocycles. The van der Waals surface area contributed by atoms with Crippen molar-refractivity contribution in [2.45, 2.75) is 20.3 Å². The minimum absolute atomic E-state index is 0. The van der Waals surface area contributed by atoms with Crippen molar-refractivity contribution in [3.63, 3.8) is 0 Å². The van der Waals surface area contributed by atoms with Crippen molar-refractivity contribution >= 4 is 182 Å². The van der Waals surface area contributed by atoms with Gasteiger partial charge in [0.05, 0.1) is 48.8 Å². The van der Waals surface area contributed by atoms with E-state index in [-0.39, 0.29) is 93.9 Å². The number of hydrogen-bond donors (Lipinski definition) is 4. The van der Waals surface area contributed by atoms with Crippen molar-refractivity contribution in [1.82, 2.24) is 10.6 Å². The number of anilines is 2. The Morgan fingerprint density at radius 1 is 0.773 bits per heavy atom. The molecule has 4 amide bonds. The smallest absolute Gasteiger partial charge is 0.545 e. The van der Waals surface area contributed by atoms with Crippen molar-refractivity contribution < 1.29 is 68.5 Å². The van der Waals surface area contributed by atoms with Gasteiger partial charge in [-0.3, -0.25) is 24.0 Å². The Bertz CT molecular complexity index is 1560. The molecule has 0 atom stereocenters. The van der Waals surface area contributed by atoms with Gasteiger partial charge >= 0.3 is 29.6 Å². The number of halogens is 6. The van der Waals surface area contributed by atoms with Crippen LogP contribution in [0, 0.1) is 21.4 Å². The van der Waals surface area contributed by atoms with E-state index in [1.165, 1.54) is 18.9 Å². The van der Waals surface area contributed by atoms with Gasteiger partial charge in [-0.1, -0.05) is 6.92 Å². The van der Waals surface area contributed by atoms with Crippen molar-refractivity contribution in [2.24, 2.45) is 0 Å². The fraction of sp³-hybridized carbons (Fsp3) is 0.280. The molecule has 0 bridgehead atoms. The van der Waals surface area contributed by atoms with Crippen LogP contribution in [0.15, 0.2) is 0 Å². The molecule has 2 aromatic rings. The fourth-order valence-corrected chi connectivity index (χ4v) is 12.9. The molecule has 19 heteroatoms. The van der Waals surface area contributed by atoms with E-state index in [0.717, 1.165) is 0 Å². The van der Waals surface area contributed by atoms with Gasteiger partial charge in [0, 0.05) is 52.3 Å². The summed E-state index contributed by atoms with van der Waals surface area (Å²) in [5.74, 6) is -4.14. The van der Waals surface area contributed by atoms with E-state index in [1.54, 1.807) is 52.1 Å². The van der Waals surface area contributed by atoms with Crippen LogP contribution in [0.4, 0.5) is 11.4 Å². The van der Waals surface area contributed by atoms with Crippen LogP contribution in [0.25, 0.3) is 0 Å². The number of amides is 4. The summed E-state index contributed by atoms with van der Waals surface area (Å²) in [4.78, 5) is 77.6. The molecule has 0 spiro atoms. The van der Waals surface area contributed by atoms with Crippen molar-refractivity contribution in [3.05, 3.63) is 43.7 Å². The SMILES string of the molecule is CCC(=O)c1c(I)c(C(=O)NCC(=O)Nc2c(I)c(C(=O)[O-])c(I)c(C(=O)NCCO)c2I)c(I)c(N(C)C(C)=O)c1I.[Na+]. The fourth-order valence-electron chi connectivity index (χ4n) is 3.57. The number of carboxylic acid groups (broad SMARTS) is 1. The third kappa shape index (κ3) is 9.70. The Morgan fingerprint density at radius 2 is 1.25 bits per heavy atom. The summed E-state index contributed by atoms with van der Waals surface area (Å²) in [6.45, 7) is 2.09. The molecule has 232 valence electrons. The van der Waals surface area contributed by atoms with Gasteiger partial charge in [-0.25, -0.2) is 0 Å². The monoisotopic (exact) mass is 1290 g/mol. The van der Waals surface area contributed by atoms with Gasteiger partial charge in [-0.2, -0.15) is 0 Å². The second-order valence-electron chi connectivity index (χ2n) is 8.46. The molecule has 0 saturated carbocycles. The number of carbonyl (C=O) groups excluding carboxylic acids is 6. The van der Waals surface area contributed by atoms with E-state index in [9.17, 15) is 33.9 Å². The van der Waals surface area contributed by atoms with Crippen molar-refractivity contribution in [3.8, 4) is 0 Å². The number of aromatic carboxylic acids is 1. The van der Waals surface area contributed by atoms with Gasteiger partial charge in [0.15, 0.2) is 5.78 Å². The first-order chi connectivity index (χ1) is 20.0. The zero-order valence-electron chi connectivity index (χ0n) is 23.3. The number of rotatable bonds is 11. The molecule has 44 heavy (non-hydrogen) atoms. The molecular weight excluding hydrogens is 1270 g/mol. The number of aliphatic hydroxyl groups excluding tert-OH is 1. The molecule has 0 aliphatic heterocycles. The number of nitrogens with one attached hydrogen (secondary N) is 3. The second-order valence-corrected chi connectivity index (χ2v) is 14.9. The zero-order valence-corrected chi connectivity index (χ0v) is 38.3. The summed E-state index contributed by atoms with van der Waals surface area (Å²) >= 11 is 11.1. The molecule has 0 aromatic heterocycles. The predicted octanol–water partition coefficient (Wildman–Crippen LogP) is 0.348. The topological polar surface area (TPSA) is 185 Å². The Balaban J connectivity index is 0.00000968. The summed E-state index contributed by atoms with van der Waals surface area (Å²) in [7, 11) is 1.54. The van der Waals surface area contributed by atoms with Crippen LogP contribution in [0.5, 0.6) is 0 Å². The van der Waals surface area contributed by atoms with E-state index in [4.69, 9.17) is 5.11 Å². The molecule has 0 unspecified atom stereocenters. The van der Waals surface area contributed by atoms with E-state index < -0.39 is 30.2 Å². The van der Waals surface area contributed by atoms with Crippen LogP contribution in [-0.4, -0.2) is 67.2 Å². The maximum Gasteiger partial charge on any atom is 1.00 e. The third-order valence-electron chi connectivity index (χ3n) is 5.75. The number of benzene rings is 2. The number of Topliss-reactive ketones (excluding diaryl/α,β-unsaturated/α-hetero) is 1. The first kappa shape index (κ1) is 42.8. The van der Waals surface area contributed by atoms with E-state index in [0.29, 0.717) is 22.0 Å². The molecule has 0 saturated heterocycles. The zero-order chi connectivity index (χ0) is 32.9. The number of carboxylic acids is 1. The second kappa shape index (κ2) is 19.1. The molecular formula is C25H21I6N4NaO8. The van der Waals surface area contributed by atoms with Gasteiger partial charge < -0.3 is 35.9 Å². The van der Waals surface area contributed by atoms with Crippen LogP contribution >= 0.6 is 136 Å². The maximum absolute atomic E-state index is 13.4. The summed E-state index contributed by atoms with van der Waals surface area (Å²) in [5.41, 5.74) is 0.529. The third-order valence-corrected chi connectivity index (χ3v) is 12.2. The number of aliphatic hydroxyl groups is 1. The number of carbonyl (C=O) groups is 6. The molecule has 0 aliphatic carbocycles. The first-order valence-electron chi connectivity index (χ1n) is 11.9. The quantitative estimate of drug-likeness (QED) is 0.141. The van der Waals surface area contributed by atoms with Crippen molar-refractivity contribution in [2.75, 3.05) is 37.0 Å². The minimum atomic E-state index is -1.56. The average molecular weight is 1290 g/mol. The predicted molar refractivity (Wildman–Crippen MR) is 208 cm³/mol. The molecule has 2 aromatic carbocycles. The van der Waals surface area contributed by atoms with Gasteiger partial charge in [-0.15, -0.1) is 0 Å². The molecule has 0 radical (unpaired) electrons. The summed E-state index contributed by atoms with van der Waals surface area (Å²) in [5, 5.41) is 28.6. The van der Waals surface area contributed by atoms with Crippen molar-refractivity contribution in [1.29, 1.82) is 0 Å². The molecule has 4 N–H and O–H groups in total. The van der Waals surface area contributed by atoms with Gasteiger partial charge in [0.2, 0.25) is 11.8 Å². The normalized spacial score (nSPS) is 10.4. The summed E-state index contributed by atoms with van der Waals surface area (Å²) < 4.78 is 1.76. The number of nitrogens with zero attached hydrogens (tertiary/aromatic N) is 1. The molecule has 2 rings (SSSR count). The molecule has 12 nitrogen and oxygen atoms in total. The summed E-state index contributed by atoms with van der Waals surface area (Å²) in [6.07, 6.45) is 0.167. The average Bonchev–Trinajstić information content (AvgIpc) is 2.92. The van der Waals surface area contributed by atoms with Crippen LogP contribution in [0.3, 0.4) is 0 Å². The molecule has 0 aliphatic rings. The minimum Gasteiger partial charge on any atom is -0.545 e. The van der Waals surface area contributed by atoms with Crippen LogP contribution in [0.1, 0.15) is 61.7 Å². The standard InChI is InChI=1S/C25H22I6N4O8.Na/c1-4-9(38)11-15(26)13(20(31)22(19(11)30)35(3)8(2)37)24(41)33-7-10(39)34-21-17(28)12(23(40)32-5-6-36)16(27)14(18(21)29)25(42)43;/h36H,4-7H2,1-3H3,(H,32,40)(H,33,41)(H,34,39)(H,42,43);/q;+1/p-1.